The first-order valence-corrected chi connectivity index (χ1v) is 8.42. The fourth-order valence-corrected chi connectivity index (χ4v) is 2.72. The molecule has 2 aromatic rings. The van der Waals surface area contributed by atoms with Gasteiger partial charge in [-0.15, -0.1) is 0 Å². The van der Waals surface area contributed by atoms with Gasteiger partial charge in [0.15, 0.2) is 11.6 Å². The van der Waals surface area contributed by atoms with E-state index in [1.54, 1.807) is 13.2 Å². The maximum atomic E-state index is 12.0. The molecule has 2 aromatic carbocycles. The quantitative estimate of drug-likeness (QED) is 0.587. The number of esters is 1. The van der Waals surface area contributed by atoms with E-state index in [0.29, 0.717) is 24.4 Å². The molecule has 1 aliphatic heterocycles. The Balaban J connectivity index is 1.70. The van der Waals surface area contributed by atoms with Crippen molar-refractivity contribution < 1.29 is 14.3 Å². The molecule has 0 unspecified atom stereocenters. The Labute approximate surface area is 147 Å². The molecule has 1 aliphatic rings. The summed E-state index contributed by atoms with van der Waals surface area (Å²) in [6.45, 7) is 2.11. The van der Waals surface area contributed by atoms with Gasteiger partial charge in [-0.1, -0.05) is 49.4 Å². The van der Waals surface area contributed by atoms with Crippen LogP contribution in [0.5, 0.6) is 5.75 Å². The number of rotatable bonds is 6. The lowest BCUT2D eigenvalue weighted by molar-refractivity contribution is -0.130. The second-order valence-corrected chi connectivity index (χ2v) is 5.83. The van der Waals surface area contributed by atoms with E-state index in [1.807, 2.05) is 36.4 Å². The standard InChI is InChI=1S/C21H21NO3/c1-3-15-8-10-16(11-9-15)14-18-21(23)25-20(22-18)13-12-17-6-4-5-7-19(17)24-2/h4-11,14H,3,12-13H2,1-2H3/b18-14+. The number of carbonyl (C=O) groups excluding carboxylic acids is 1. The first kappa shape index (κ1) is 17.0. The molecular weight excluding hydrogens is 314 g/mol. The van der Waals surface area contributed by atoms with Crippen molar-refractivity contribution in [3.63, 3.8) is 0 Å². The number of ether oxygens (including phenoxy) is 2. The number of nitrogens with zero attached hydrogens (tertiary/aromatic N) is 1. The Bertz CT molecular complexity index is 819. The van der Waals surface area contributed by atoms with Gasteiger partial charge >= 0.3 is 5.97 Å². The SMILES string of the molecule is CCc1ccc(/C=C2/N=C(CCc3ccccc3OC)OC2=O)cc1. The lowest BCUT2D eigenvalue weighted by atomic mass is 10.1. The van der Waals surface area contributed by atoms with E-state index in [0.717, 1.165) is 23.3 Å². The van der Waals surface area contributed by atoms with Crippen molar-refractivity contribution in [1.29, 1.82) is 0 Å². The molecule has 3 rings (SSSR count). The van der Waals surface area contributed by atoms with Gasteiger partial charge in [0.1, 0.15) is 5.75 Å². The molecule has 0 fully saturated rings. The van der Waals surface area contributed by atoms with Gasteiger partial charge < -0.3 is 9.47 Å². The predicted molar refractivity (Wildman–Crippen MR) is 98.6 cm³/mol. The molecule has 0 radical (unpaired) electrons. The lowest BCUT2D eigenvalue weighted by Gasteiger charge is -2.07. The molecule has 0 saturated carbocycles. The number of hydrogen-bond acceptors (Lipinski definition) is 4. The molecule has 0 bridgehead atoms. The van der Waals surface area contributed by atoms with Gasteiger partial charge in [-0.05, 0) is 41.7 Å². The second kappa shape index (κ2) is 7.79. The number of para-hydroxylation sites is 1. The van der Waals surface area contributed by atoms with E-state index in [-0.39, 0.29) is 0 Å². The molecule has 0 saturated heterocycles. The van der Waals surface area contributed by atoms with Crippen molar-refractivity contribution >= 4 is 17.9 Å². The van der Waals surface area contributed by atoms with E-state index in [4.69, 9.17) is 9.47 Å². The molecule has 0 amide bonds. The Hall–Kier alpha value is -2.88. The van der Waals surface area contributed by atoms with Crippen LogP contribution in [0.3, 0.4) is 0 Å². The lowest BCUT2D eigenvalue weighted by Crippen LogP contribution is -2.05. The van der Waals surface area contributed by atoms with Gasteiger partial charge in [-0.2, -0.15) is 0 Å². The first-order chi connectivity index (χ1) is 12.2. The van der Waals surface area contributed by atoms with Crippen LogP contribution < -0.4 is 4.74 Å². The van der Waals surface area contributed by atoms with Crippen LogP contribution in [0.4, 0.5) is 0 Å². The van der Waals surface area contributed by atoms with Crippen molar-refractivity contribution in [2.24, 2.45) is 4.99 Å². The van der Waals surface area contributed by atoms with Crippen LogP contribution in [0.2, 0.25) is 0 Å². The smallest absolute Gasteiger partial charge is 0.363 e. The van der Waals surface area contributed by atoms with Crippen molar-refractivity contribution in [2.75, 3.05) is 7.11 Å². The van der Waals surface area contributed by atoms with Gasteiger partial charge in [-0.3, -0.25) is 0 Å². The summed E-state index contributed by atoms with van der Waals surface area (Å²) in [5.74, 6) is 0.890. The van der Waals surface area contributed by atoms with Crippen molar-refractivity contribution in [3.05, 3.63) is 70.9 Å². The summed E-state index contributed by atoms with van der Waals surface area (Å²) >= 11 is 0. The maximum absolute atomic E-state index is 12.0. The first-order valence-electron chi connectivity index (χ1n) is 8.42. The van der Waals surface area contributed by atoms with Gasteiger partial charge in [0, 0.05) is 6.42 Å². The van der Waals surface area contributed by atoms with Crippen molar-refractivity contribution in [1.82, 2.24) is 0 Å². The third-order valence-electron chi connectivity index (χ3n) is 4.16. The van der Waals surface area contributed by atoms with E-state index >= 15 is 0 Å². The Kier molecular flexibility index (Phi) is 5.29. The molecule has 4 nitrogen and oxygen atoms in total. The van der Waals surface area contributed by atoms with Gasteiger partial charge in [-0.25, -0.2) is 9.79 Å². The van der Waals surface area contributed by atoms with Crippen LogP contribution in [-0.4, -0.2) is 19.0 Å². The second-order valence-electron chi connectivity index (χ2n) is 5.83. The summed E-state index contributed by atoms with van der Waals surface area (Å²) in [7, 11) is 1.65. The number of benzene rings is 2. The minimum absolute atomic E-state index is 0.347. The number of aliphatic imine (C=N–C) groups is 1. The average molecular weight is 335 g/mol. The van der Waals surface area contributed by atoms with Crippen LogP contribution in [0.1, 0.15) is 30.0 Å². The molecule has 0 aromatic heterocycles. The summed E-state index contributed by atoms with van der Waals surface area (Å²) in [6.07, 6.45) is 4.01. The summed E-state index contributed by atoms with van der Waals surface area (Å²) in [6, 6.07) is 15.9. The third-order valence-corrected chi connectivity index (χ3v) is 4.16. The average Bonchev–Trinajstić information content (AvgIpc) is 3.00. The van der Waals surface area contributed by atoms with E-state index in [1.165, 1.54) is 5.56 Å². The number of aryl methyl sites for hydroxylation is 2. The molecule has 128 valence electrons. The summed E-state index contributed by atoms with van der Waals surface area (Å²) in [5, 5.41) is 0. The molecule has 0 atom stereocenters. The molecule has 0 aliphatic carbocycles. The number of hydrogen-bond donors (Lipinski definition) is 0. The molecule has 1 heterocycles. The van der Waals surface area contributed by atoms with Crippen molar-refractivity contribution in [2.45, 2.75) is 26.2 Å². The highest BCUT2D eigenvalue weighted by Gasteiger charge is 2.22. The zero-order chi connectivity index (χ0) is 17.6. The van der Waals surface area contributed by atoms with Crippen LogP contribution in [0.25, 0.3) is 6.08 Å². The third kappa shape index (κ3) is 4.15. The van der Waals surface area contributed by atoms with Crippen LogP contribution >= 0.6 is 0 Å². The van der Waals surface area contributed by atoms with Crippen LogP contribution in [-0.2, 0) is 22.4 Å². The summed E-state index contributed by atoms with van der Waals surface area (Å²) < 4.78 is 10.6. The highest BCUT2D eigenvalue weighted by atomic mass is 16.6. The van der Waals surface area contributed by atoms with Crippen molar-refractivity contribution in [3.8, 4) is 5.75 Å². The minimum atomic E-state index is -0.394. The highest BCUT2D eigenvalue weighted by molar-refractivity contribution is 6.07. The molecule has 0 N–H and O–H groups in total. The zero-order valence-corrected chi connectivity index (χ0v) is 14.5. The monoisotopic (exact) mass is 335 g/mol. The largest absolute Gasteiger partial charge is 0.496 e. The van der Waals surface area contributed by atoms with Crippen LogP contribution in [0.15, 0.2) is 59.2 Å². The Morgan fingerprint density at radius 2 is 1.84 bits per heavy atom. The van der Waals surface area contributed by atoms with Gasteiger partial charge in [0.25, 0.3) is 0 Å². The van der Waals surface area contributed by atoms with Crippen LogP contribution in [0, 0.1) is 0 Å². The minimum Gasteiger partial charge on any atom is -0.496 e. The zero-order valence-electron chi connectivity index (χ0n) is 14.5. The summed E-state index contributed by atoms with van der Waals surface area (Å²) in [5.41, 5.74) is 3.62. The Morgan fingerprint density at radius 3 is 2.56 bits per heavy atom. The van der Waals surface area contributed by atoms with E-state index in [2.05, 4.69) is 24.0 Å². The fraction of sp³-hybridized carbons (Fsp3) is 0.238. The molecule has 0 spiro atoms. The normalized spacial score (nSPS) is 15.2. The molecular formula is C21H21NO3. The van der Waals surface area contributed by atoms with E-state index in [9.17, 15) is 4.79 Å². The number of methoxy groups -OCH3 is 1. The highest BCUT2D eigenvalue weighted by Crippen LogP contribution is 2.22. The predicted octanol–water partition coefficient (Wildman–Crippen LogP) is 4.19. The van der Waals surface area contributed by atoms with E-state index < -0.39 is 5.97 Å². The number of carbonyl (C=O) groups is 1. The molecule has 25 heavy (non-hydrogen) atoms. The Morgan fingerprint density at radius 1 is 1.08 bits per heavy atom. The van der Waals surface area contributed by atoms with Gasteiger partial charge in [0.2, 0.25) is 0 Å². The number of cyclic esters (lactones) is 1. The molecule has 4 heteroatoms. The fourth-order valence-electron chi connectivity index (χ4n) is 2.72. The summed E-state index contributed by atoms with van der Waals surface area (Å²) in [4.78, 5) is 16.4. The van der Waals surface area contributed by atoms with Gasteiger partial charge in [0.05, 0.1) is 7.11 Å². The topological polar surface area (TPSA) is 47.9 Å². The maximum Gasteiger partial charge on any atom is 0.363 e.